The number of quaternary nitrogens is 1. The van der Waals surface area contributed by atoms with Crippen molar-refractivity contribution in [3.63, 3.8) is 0 Å². The molecule has 0 amide bonds. The largest absolute Gasteiger partial charge is 0.345 e. The summed E-state index contributed by atoms with van der Waals surface area (Å²) in [5, 5.41) is 5.60. The molecule has 1 N–H and O–H groups in total. The molecule has 1 saturated heterocycles. The molecule has 0 saturated carbocycles. The van der Waals surface area contributed by atoms with E-state index in [0.717, 1.165) is 55.1 Å². The predicted molar refractivity (Wildman–Crippen MR) is 115 cm³/mol. The van der Waals surface area contributed by atoms with Crippen LogP contribution in [0.15, 0.2) is 73.2 Å². The van der Waals surface area contributed by atoms with Gasteiger partial charge in [-0.25, -0.2) is 14.6 Å². The van der Waals surface area contributed by atoms with Crippen LogP contribution in [-0.4, -0.2) is 52.5 Å². The lowest BCUT2D eigenvalue weighted by Gasteiger charge is -2.33. The molecule has 1 aliphatic heterocycles. The Morgan fingerprint density at radius 2 is 1.59 bits per heavy atom. The summed E-state index contributed by atoms with van der Waals surface area (Å²) in [4.78, 5) is 13.2. The van der Waals surface area contributed by atoms with E-state index in [-0.39, 0.29) is 0 Å². The van der Waals surface area contributed by atoms with Crippen LogP contribution < -0.4 is 9.80 Å². The van der Waals surface area contributed by atoms with Crippen molar-refractivity contribution in [1.82, 2.24) is 19.7 Å². The number of fused-ring (bicyclic) bond motifs is 1. The van der Waals surface area contributed by atoms with Crippen molar-refractivity contribution in [2.75, 3.05) is 37.6 Å². The van der Waals surface area contributed by atoms with Gasteiger partial charge in [-0.2, -0.15) is 5.10 Å². The van der Waals surface area contributed by atoms with E-state index in [1.807, 2.05) is 41.2 Å². The Hall–Kier alpha value is -3.25. The highest BCUT2D eigenvalue weighted by molar-refractivity contribution is 5.87. The molecule has 2 aromatic heterocycles. The van der Waals surface area contributed by atoms with E-state index in [2.05, 4.69) is 50.3 Å². The molecule has 0 unspecified atom stereocenters. The number of aromatic nitrogens is 4. The predicted octanol–water partition coefficient (Wildman–Crippen LogP) is 1.76. The molecule has 0 radical (unpaired) electrons. The Bertz CT molecular complexity index is 1070. The fraction of sp³-hybridized carbons (Fsp3) is 0.261. The first kappa shape index (κ1) is 17.8. The summed E-state index contributed by atoms with van der Waals surface area (Å²) in [5.74, 6) is 0.999. The van der Waals surface area contributed by atoms with Crippen LogP contribution >= 0.6 is 0 Å². The maximum absolute atomic E-state index is 4.61. The van der Waals surface area contributed by atoms with E-state index in [0.29, 0.717) is 0 Å². The van der Waals surface area contributed by atoms with Crippen molar-refractivity contribution in [1.29, 1.82) is 0 Å². The number of benzene rings is 2. The second kappa shape index (κ2) is 8.01. The number of hydrogen-bond donors (Lipinski definition) is 1. The molecular formula is C23H25N6+. The minimum atomic E-state index is 0.861. The second-order valence-electron chi connectivity index (χ2n) is 7.55. The highest BCUT2D eigenvalue weighted by Gasteiger charge is 2.23. The molecule has 0 bridgehead atoms. The average molecular weight is 385 g/mol. The van der Waals surface area contributed by atoms with Gasteiger partial charge in [0.05, 0.1) is 50.0 Å². The summed E-state index contributed by atoms with van der Waals surface area (Å²) < 4.78 is 1.89. The van der Waals surface area contributed by atoms with Crippen molar-refractivity contribution >= 4 is 16.9 Å². The van der Waals surface area contributed by atoms with Crippen LogP contribution in [0.1, 0.15) is 5.56 Å². The number of piperazine rings is 1. The topological polar surface area (TPSA) is 51.3 Å². The van der Waals surface area contributed by atoms with Crippen LogP contribution in [0.4, 0.5) is 5.82 Å². The molecule has 146 valence electrons. The molecule has 1 aliphatic rings. The summed E-state index contributed by atoms with van der Waals surface area (Å²) in [7, 11) is 0. The van der Waals surface area contributed by atoms with Gasteiger partial charge in [0, 0.05) is 6.42 Å². The number of hydrogen-bond acceptors (Lipinski definition) is 4. The summed E-state index contributed by atoms with van der Waals surface area (Å²) in [6, 6.07) is 20.9. The standard InChI is InChI=1S/C23H24N6/c1-3-7-19(8-4-1)11-12-27-13-15-28(16-14-27)22-21-17-26-29(23(21)25-18-24-22)20-9-5-2-6-10-20/h1-10,17-18H,11-16H2/p+1. The molecule has 1 fully saturated rings. The summed E-state index contributed by atoms with van der Waals surface area (Å²) >= 11 is 0. The number of rotatable bonds is 5. The highest BCUT2D eigenvalue weighted by atomic mass is 15.3. The van der Waals surface area contributed by atoms with Crippen LogP contribution in [0.25, 0.3) is 16.7 Å². The zero-order valence-electron chi connectivity index (χ0n) is 16.4. The van der Waals surface area contributed by atoms with E-state index >= 15 is 0 Å². The fourth-order valence-corrected chi connectivity index (χ4v) is 4.09. The third-order valence-electron chi connectivity index (χ3n) is 5.73. The van der Waals surface area contributed by atoms with E-state index < -0.39 is 0 Å². The van der Waals surface area contributed by atoms with Gasteiger partial charge >= 0.3 is 0 Å². The van der Waals surface area contributed by atoms with E-state index in [1.165, 1.54) is 12.1 Å². The lowest BCUT2D eigenvalue weighted by Crippen LogP contribution is -3.15. The fourth-order valence-electron chi connectivity index (χ4n) is 4.09. The van der Waals surface area contributed by atoms with Gasteiger partial charge in [0.15, 0.2) is 5.65 Å². The van der Waals surface area contributed by atoms with Crippen LogP contribution in [0.3, 0.4) is 0 Å². The quantitative estimate of drug-likeness (QED) is 0.569. The van der Waals surface area contributed by atoms with Crippen molar-refractivity contribution in [3.8, 4) is 5.69 Å². The van der Waals surface area contributed by atoms with Gasteiger partial charge in [-0.3, -0.25) is 0 Å². The highest BCUT2D eigenvalue weighted by Crippen LogP contribution is 2.24. The third kappa shape index (κ3) is 3.71. The van der Waals surface area contributed by atoms with E-state index in [9.17, 15) is 0 Å². The van der Waals surface area contributed by atoms with Gasteiger partial charge < -0.3 is 9.80 Å². The Balaban J connectivity index is 1.29. The molecule has 6 nitrogen and oxygen atoms in total. The molecule has 5 rings (SSSR count). The zero-order valence-corrected chi connectivity index (χ0v) is 16.4. The lowest BCUT2D eigenvalue weighted by atomic mass is 10.1. The summed E-state index contributed by atoms with van der Waals surface area (Å²) in [6.45, 7) is 5.46. The SMILES string of the molecule is c1ccc(CC[NH+]2CCN(c3ncnc4c3cnn4-c3ccccc3)CC2)cc1. The van der Waals surface area contributed by atoms with Gasteiger partial charge in [-0.1, -0.05) is 48.5 Å². The molecule has 4 aromatic rings. The molecule has 0 aliphatic carbocycles. The van der Waals surface area contributed by atoms with Crippen LogP contribution in [0, 0.1) is 0 Å². The molecule has 0 spiro atoms. The van der Waals surface area contributed by atoms with Crippen molar-refractivity contribution in [2.45, 2.75) is 6.42 Å². The van der Waals surface area contributed by atoms with Gasteiger partial charge in [-0.05, 0) is 17.7 Å². The number of anilines is 1. The first-order valence-corrected chi connectivity index (χ1v) is 10.2. The van der Waals surface area contributed by atoms with Gasteiger partial charge in [0.2, 0.25) is 0 Å². The Labute approximate surface area is 170 Å². The second-order valence-corrected chi connectivity index (χ2v) is 7.55. The monoisotopic (exact) mass is 385 g/mol. The van der Waals surface area contributed by atoms with Gasteiger partial charge in [0.1, 0.15) is 12.1 Å². The summed E-state index contributed by atoms with van der Waals surface area (Å²) in [6.07, 6.45) is 4.69. The molecule has 2 aromatic carbocycles. The maximum Gasteiger partial charge on any atom is 0.168 e. The lowest BCUT2D eigenvalue weighted by molar-refractivity contribution is -0.900. The van der Waals surface area contributed by atoms with Gasteiger partial charge in [-0.15, -0.1) is 0 Å². The third-order valence-corrected chi connectivity index (χ3v) is 5.73. The Kier molecular flexibility index (Phi) is 4.92. The molecule has 6 heteroatoms. The maximum atomic E-state index is 4.61. The van der Waals surface area contributed by atoms with Gasteiger partial charge in [0.25, 0.3) is 0 Å². The minimum Gasteiger partial charge on any atom is -0.345 e. The smallest absolute Gasteiger partial charge is 0.168 e. The molecule has 29 heavy (non-hydrogen) atoms. The first-order valence-electron chi connectivity index (χ1n) is 10.2. The normalized spacial score (nSPS) is 15.1. The van der Waals surface area contributed by atoms with Crippen molar-refractivity contribution in [2.24, 2.45) is 0 Å². The van der Waals surface area contributed by atoms with Crippen LogP contribution in [0.5, 0.6) is 0 Å². The molecular weight excluding hydrogens is 360 g/mol. The van der Waals surface area contributed by atoms with Crippen LogP contribution in [-0.2, 0) is 6.42 Å². The van der Waals surface area contributed by atoms with Crippen molar-refractivity contribution in [3.05, 3.63) is 78.8 Å². The number of nitrogens with zero attached hydrogens (tertiary/aromatic N) is 5. The van der Waals surface area contributed by atoms with Crippen molar-refractivity contribution < 1.29 is 4.90 Å². The number of nitrogens with one attached hydrogen (secondary N) is 1. The van der Waals surface area contributed by atoms with E-state index in [4.69, 9.17) is 0 Å². The Morgan fingerprint density at radius 1 is 0.862 bits per heavy atom. The summed E-state index contributed by atoms with van der Waals surface area (Å²) in [5.41, 5.74) is 3.30. The average Bonchev–Trinajstić information content (AvgIpc) is 3.24. The Morgan fingerprint density at radius 3 is 2.34 bits per heavy atom. The first-order chi connectivity index (χ1) is 14.4. The number of para-hydroxylation sites is 1. The molecule has 3 heterocycles. The van der Waals surface area contributed by atoms with E-state index in [1.54, 1.807) is 11.2 Å². The zero-order chi connectivity index (χ0) is 19.5. The molecule has 0 atom stereocenters. The van der Waals surface area contributed by atoms with Crippen LogP contribution in [0.2, 0.25) is 0 Å². The minimum absolute atomic E-state index is 0.861.